The van der Waals surface area contributed by atoms with Gasteiger partial charge >= 0.3 is 12.4 Å². The van der Waals surface area contributed by atoms with E-state index in [2.05, 4.69) is 40.1 Å². The van der Waals surface area contributed by atoms with Crippen molar-refractivity contribution in [2.45, 2.75) is 97.7 Å². The first-order valence-corrected chi connectivity index (χ1v) is 16.5. The van der Waals surface area contributed by atoms with Gasteiger partial charge in [0.1, 0.15) is 6.29 Å². The summed E-state index contributed by atoms with van der Waals surface area (Å²) in [6, 6.07) is 12.6. The Morgan fingerprint density at radius 3 is 1.88 bits per heavy atom. The second-order valence-electron chi connectivity index (χ2n) is 11.8. The number of alkyl halides is 6. The Kier molecular flexibility index (Phi) is 14.6. The number of rotatable bonds is 10. The Labute approximate surface area is 283 Å². The molecule has 0 aliphatic carbocycles. The van der Waals surface area contributed by atoms with Crippen molar-refractivity contribution in [1.82, 2.24) is 24.9 Å². The first kappa shape index (κ1) is 39.5. The van der Waals surface area contributed by atoms with Gasteiger partial charge in [0.05, 0.1) is 22.5 Å². The van der Waals surface area contributed by atoms with Gasteiger partial charge in [0, 0.05) is 61.9 Å². The third-order valence-corrected chi connectivity index (χ3v) is 8.20. The van der Waals surface area contributed by atoms with E-state index in [1.807, 2.05) is 18.5 Å². The van der Waals surface area contributed by atoms with Gasteiger partial charge in [-0.25, -0.2) is 0 Å². The maximum atomic E-state index is 12.6. The summed E-state index contributed by atoms with van der Waals surface area (Å²) in [6.07, 6.45) is -3.49. The molecule has 0 fully saturated rings. The van der Waals surface area contributed by atoms with Crippen LogP contribution in [0.15, 0.2) is 54.6 Å². The van der Waals surface area contributed by atoms with Crippen molar-refractivity contribution in [1.29, 1.82) is 0 Å². The summed E-state index contributed by atoms with van der Waals surface area (Å²) in [4.78, 5) is 10.0. The maximum absolute atomic E-state index is 12.6. The molecule has 0 unspecified atom stereocenters. The Hall–Kier alpha value is -3.97. The van der Waals surface area contributed by atoms with E-state index >= 15 is 0 Å². The Morgan fingerprint density at radius 1 is 0.837 bits per heavy atom. The van der Waals surface area contributed by atoms with E-state index in [1.54, 1.807) is 12.1 Å². The summed E-state index contributed by atoms with van der Waals surface area (Å²) in [7, 11) is 0. The van der Waals surface area contributed by atoms with E-state index < -0.39 is 23.5 Å². The van der Waals surface area contributed by atoms with Crippen LogP contribution >= 0.6 is 0 Å². The smallest absolute Gasteiger partial charge is 0.330 e. The zero-order valence-corrected chi connectivity index (χ0v) is 28.5. The summed E-state index contributed by atoms with van der Waals surface area (Å²) in [5.41, 5.74) is 11.8. The van der Waals surface area contributed by atoms with Gasteiger partial charge in [0.25, 0.3) is 0 Å². The minimum atomic E-state index is -4.29. The lowest BCUT2D eigenvalue weighted by Crippen LogP contribution is -2.31. The molecule has 0 saturated carbocycles. The van der Waals surface area contributed by atoms with Crippen LogP contribution in [-0.2, 0) is 55.9 Å². The number of nitrogens with zero attached hydrogens (tertiary/aromatic N) is 4. The Bertz CT molecular complexity index is 1590. The van der Waals surface area contributed by atoms with Gasteiger partial charge < -0.3 is 15.8 Å². The summed E-state index contributed by atoms with van der Waals surface area (Å²) in [5.74, 6) is 0. The minimum Gasteiger partial charge on any atom is -0.330 e. The van der Waals surface area contributed by atoms with E-state index in [0.717, 1.165) is 98.4 Å². The number of halogens is 6. The van der Waals surface area contributed by atoms with Gasteiger partial charge in [-0.15, -0.1) is 0 Å². The molecule has 2 aromatic heterocycles. The molecule has 0 saturated heterocycles. The Balaban J connectivity index is 0.000000221. The average Bonchev–Trinajstić information content (AvgIpc) is 3.61. The quantitative estimate of drug-likeness (QED) is 0.132. The van der Waals surface area contributed by atoms with Crippen molar-refractivity contribution in [3.05, 3.63) is 105 Å². The summed E-state index contributed by atoms with van der Waals surface area (Å²) < 4.78 is 78.3. The van der Waals surface area contributed by atoms with Crippen molar-refractivity contribution in [2.24, 2.45) is 5.73 Å². The molecule has 1 atom stereocenters. The largest absolute Gasteiger partial charge is 0.416 e. The molecule has 0 radical (unpaired) electrons. The normalized spacial score (nSPS) is 14.3. The average molecular weight is 693 g/mol. The highest BCUT2D eigenvalue weighted by Gasteiger charge is 2.31. The number of fused-ring (bicyclic) bond motifs is 1. The molecule has 4 aromatic rings. The van der Waals surface area contributed by atoms with E-state index in [9.17, 15) is 31.1 Å². The molecule has 2 aromatic carbocycles. The molecule has 0 spiro atoms. The van der Waals surface area contributed by atoms with Crippen LogP contribution in [0.2, 0.25) is 0 Å². The van der Waals surface area contributed by atoms with Crippen molar-refractivity contribution in [3.63, 3.8) is 0 Å². The lowest BCUT2D eigenvalue weighted by Gasteiger charge is -2.25. The second-order valence-corrected chi connectivity index (χ2v) is 11.8. The molecule has 0 amide bonds. The van der Waals surface area contributed by atoms with Crippen LogP contribution in [0.5, 0.6) is 0 Å². The monoisotopic (exact) mass is 692 g/mol. The van der Waals surface area contributed by atoms with Crippen LogP contribution in [0.25, 0.3) is 0 Å². The number of aryl methyl sites for hydroxylation is 6. The SMILES string of the molecule is CCn1nc(C)c2c1CCN[C@H]2CCc1ccc(C(F)(F)F)cc1.CCn1nc(C)cc1CCN.O=CCCc1ccc(C(F)(F)F)cc1. The number of hydrogen-bond donors (Lipinski definition) is 2. The number of carbonyl (C=O) groups excluding carboxylic acids is 1. The number of carbonyl (C=O) groups is 1. The van der Waals surface area contributed by atoms with E-state index in [-0.39, 0.29) is 6.04 Å². The minimum absolute atomic E-state index is 0.219. The number of benzene rings is 2. The summed E-state index contributed by atoms with van der Waals surface area (Å²) in [6.45, 7) is 11.6. The molecule has 13 heteroatoms. The molecular weight excluding hydrogens is 646 g/mol. The third kappa shape index (κ3) is 11.6. The third-order valence-electron chi connectivity index (χ3n) is 8.20. The van der Waals surface area contributed by atoms with Crippen LogP contribution in [0.1, 0.15) is 83.3 Å². The van der Waals surface area contributed by atoms with Gasteiger partial charge in [-0.05, 0) is 95.0 Å². The van der Waals surface area contributed by atoms with E-state index in [4.69, 9.17) is 5.73 Å². The fraction of sp³-hybridized carbons (Fsp3) is 0.472. The van der Waals surface area contributed by atoms with E-state index in [1.165, 1.54) is 29.1 Å². The standard InChI is InChI=1S/C18H22F3N3.C10H9F3O.C8H15N3/c1-3-24-16-10-11-22-15(17(16)12(2)23-24)9-6-13-4-7-14(8-5-13)18(19,20)21;11-10(12,13)9-5-3-8(4-6-9)2-1-7-14;1-3-11-8(4-5-9)6-7(2)10-11/h4-5,7-8,15,22H,3,6,9-11H2,1-2H3;3-7H,1-2H2;6H,3-5,9H2,1-2H3/t15-;;/m0../s1. The highest BCUT2D eigenvalue weighted by atomic mass is 19.4. The molecule has 3 N–H and O–H groups in total. The predicted octanol–water partition coefficient (Wildman–Crippen LogP) is 7.60. The maximum Gasteiger partial charge on any atom is 0.416 e. The van der Waals surface area contributed by atoms with Crippen LogP contribution in [0, 0.1) is 13.8 Å². The van der Waals surface area contributed by atoms with Gasteiger partial charge in [-0.2, -0.15) is 36.5 Å². The first-order valence-electron chi connectivity index (χ1n) is 16.5. The molecular formula is C36H46F6N6O. The molecule has 1 aliphatic rings. The summed E-state index contributed by atoms with van der Waals surface area (Å²) in [5, 5.41) is 12.4. The molecule has 5 rings (SSSR count). The molecule has 49 heavy (non-hydrogen) atoms. The summed E-state index contributed by atoms with van der Waals surface area (Å²) >= 11 is 0. The molecule has 7 nitrogen and oxygen atoms in total. The number of nitrogens with two attached hydrogens (primary N) is 1. The number of aldehydes is 1. The van der Waals surface area contributed by atoms with Gasteiger partial charge in [0.15, 0.2) is 0 Å². The predicted molar refractivity (Wildman–Crippen MR) is 178 cm³/mol. The highest BCUT2D eigenvalue weighted by Crippen LogP contribution is 2.32. The van der Waals surface area contributed by atoms with Gasteiger partial charge in [-0.1, -0.05) is 24.3 Å². The molecule has 0 bridgehead atoms. The fourth-order valence-corrected chi connectivity index (χ4v) is 5.81. The molecule has 1 aliphatic heterocycles. The first-order chi connectivity index (χ1) is 23.2. The van der Waals surface area contributed by atoms with Crippen molar-refractivity contribution >= 4 is 6.29 Å². The van der Waals surface area contributed by atoms with Crippen LogP contribution < -0.4 is 11.1 Å². The van der Waals surface area contributed by atoms with Crippen LogP contribution in [0.4, 0.5) is 26.3 Å². The second kappa shape index (κ2) is 18.1. The topological polar surface area (TPSA) is 90.8 Å². The fourth-order valence-electron chi connectivity index (χ4n) is 5.81. The lowest BCUT2D eigenvalue weighted by molar-refractivity contribution is -0.138. The Morgan fingerprint density at radius 2 is 1.39 bits per heavy atom. The number of nitrogens with one attached hydrogen (secondary N) is 1. The zero-order chi connectivity index (χ0) is 36.2. The van der Waals surface area contributed by atoms with Gasteiger partial charge in [0.2, 0.25) is 0 Å². The molecule has 268 valence electrons. The van der Waals surface area contributed by atoms with Crippen molar-refractivity contribution in [3.8, 4) is 0 Å². The number of hydrogen-bond acceptors (Lipinski definition) is 5. The number of aromatic nitrogens is 4. The van der Waals surface area contributed by atoms with Crippen LogP contribution in [0.3, 0.4) is 0 Å². The molecule has 3 heterocycles. The van der Waals surface area contributed by atoms with Crippen molar-refractivity contribution in [2.75, 3.05) is 13.1 Å². The van der Waals surface area contributed by atoms with Crippen LogP contribution in [-0.4, -0.2) is 38.9 Å². The van der Waals surface area contributed by atoms with Gasteiger partial charge in [-0.3, -0.25) is 9.36 Å². The highest BCUT2D eigenvalue weighted by molar-refractivity contribution is 5.50. The zero-order valence-electron chi connectivity index (χ0n) is 28.5. The van der Waals surface area contributed by atoms with Crippen molar-refractivity contribution < 1.29 is 31.1 Å². The lowest BCUT2D eigenvalue weighted by atomic mass is 9.93. The van der Waals surface area contributed by atoms with E-state index in [0.29, 0.717) is 19.4 Å².